The van der Waals surface area contributed by atoms with Gasteiger partial charge in [0, 0.05) is 17.7 Å². The second kappa shape index (κ2) is 12.7. The number of hydrazone groups is 1. The molecule has 1 aliphatic heterocycles. The Labute approximate surface area is 188 Å². The molecule has 1 fully saturated rings. The van der Waals surface area contributed by atoms with Crippen molar-refractivity contribution in [1.29, 1.82) is 0 Å². The van der Waals surface area contributed by atoms with E-state index in [2.05, 4.69) is 20.7 Å². The van der Waals surface area contributed by atoms with Crippen LogP contribution in [-0.4, -0.2) is 48.6 Å². The highest BCUT2D eigenvalue weighted by Crippen LogP contribution is 2.16. The number of nitrogens with zero attached hydrogens (tertiary/aromatic N) is 2. The number of piperidine rings is 1. The molecule has 1 saturated heterocycles. The van der Waals surface area contributed by atoms with Gasteiger partial charge in [0.25, 0.3) is 11.8 Å². The third-order valence-corrected chi connectivity index (χ3v) is 5.64. The molecule has 0 bridgehead atoms. The Morgan fingerprint density at radius 3 is 2.47 bits per heavy atom. The minimum Gasteiger partial charge on any atom is -0.352 e. The van der Waals surface area contributed by atoms with Gasteiger partial charge in [0.1, 0.15) is 5.82 Å². The van der Waals surface area contributed by atoms with Gasteiger partial charge in [0.05, 0.1) is 12.3 Å². The molecule has 0 spiro atoms. The van der Waals surface area contributed by atoms with E-state index in [9.17, 15) is 14.0 Å². The number of hydrogen-bond acceptors (Lipinski definition) is 4. The number of amides is 2. The van der Waals surface area contributed by atoms with Gasteiger partial charge in [-0.2, -0.15) is 5.10 Å². The van der Waals surface area contributed by atoms with Crippen molar-refractivity contribution in [2.75, 3.05) is 19.6 Å². The molecule has 32 heavy (non-hydrogen) atoms. The molecule has 1 atom stereocenters. The van der Waals surface area contributed by atoms with Crippen molar-refractivity contribution in [3.05, 3.63) is 71.5 Å². The Hall–Kier alpha value is -3.06. The molecule has 3 rings (SSSR count). The maximum atomic E-state index is 13.7. The molecule has 1 aliphatic rings. The fourth-order valence-corrected chi connectivity index (χ4v) is 3.89. The smallest absolute Gasteiger partial charge is 0.257 e. The number of likely N-dealkylation sites (tertiary alicyclic amines) is 1. The van der Waals surface area contributed by atoms with Gasteiger partial charge in [-0.25, -0.2) is 9.82 Å². The second-order valence-electron chi connectivity index (χ2n) is 7.99. The van der Waals surface area contributed by atoms with E-state index in [0.717, 1.165) is 38.8 Å². The van der Waals surface area contributed by atoms with Gasteiger partial charge in [-0.15, -0.1) is 0 Å². The summed E-state index contributed by atoms with van der Waals surface area (Å²) in [6.07, 6.45) is 6.95. The van der Waals surface area contributed by atoms with Crippen molar-refractivity contribution in [1.82, 2.24) is 15.6 Å². The van der Waals surface area contributed by atoms with Crippen molar-refractivity contribution in [3.8, 4) is 0 Å². The summed E-state index contributed by atoms with van der Waals surface area (Å²) in [7, 11) is 0. The standard InChI is InChI=1S/C25H31FN4O2/c26-22-14-6-5-13-21(22)19-28-29-25(32)23(30-17-9-2-10-18-30)15-7-8-16-27-24(31)20-11-3-1-4-12-20/h1,3-6,11-14,19,23H,2,7-10,15-18H2,(H,27,31)(H,29,32)/b28-19+/t23-/m1/s1. The molecule has 0 aliphatic carbocycles. The summed E-state index contributed by atoms with van der Waals surface area (Å²) >= 11 is 0. The molecular formula is C25H31FN4O2. The van der Waals surface area contributed by atoms with Gasteiger partial charge in [0.2, 0.25) is 0 Å². The van der Waals surface area contributed by atoms with Gasteiger partial charge >= 0.3 is 0 Å². The summed E-state index contributed by atoms with van der Waals surface area (Å²) < 4.78 is 13.7. The minimum absolute atomic E-state index is 0.0848. The second-order valence-corrected chi connectivity index (χ2v) is 7.99. The average molecular weight is 439 g/mol. The normalized spacial score (nSPS) is 15.4. The molecule has 2 aromatic carbocycles. The first kappa shape index (κ1) is 23.6. The highest BCUT2D eigenvalue weighted by Gasteiger charge is 2.26. The average Bonchev–Trinajstić information content (AvgIpc) is 2.83. The first-order valence-corrected chi connectivity index (χ1v) is 11.3. The molecule has 7 heteroatoms. The zero-order valence-electron chi connectivity index (χ0n) is 18.3. The van der Waals surface area contributed by atoms with Crippen LogP contribution < -0.4 is 10.7 Å². The van der Waals surface area contributed by atoms with Crippen LogP contribution >= 0.6 is 0 Å². The fourth-order valence-electron chi connectivity index (χ4n) is 3.89. The third-order valence-electron chi connectivity index (χ3n) is 5.64. The van der Waals surface area contributed by atoms with E-state index in [4.69, 9.17) is 0 Å². The van der Waals surface area contributed by atoms with Gasteiger partial charge in [-0.05, 0) is 63.4 Å². The Morgan fingerprint density at radius 2 is 1.72 bits per heavy atom. The number of rotatable bonds is 10. The SMILES string of the molecule is O=C(NCCCC[C@H](C(=O)N/N=C/c1ccccc1F)N1CCCCC1)c1ccccc1. The number of carbonyl (C=O) groups is 2. The van der Waals surface area contributed by atoms with Crippen molar-refractivity contribution in [2.45, 2.75) is 44.6 Å². The molecule has 0 saturated carbocycles. The lowest BCUT2D eigenvalue weighted by atomic mass is 10.0. The van der Waals surface area contributed by atoms with Crippen molar-refractivity contribution >= 4 is 18.0 Å². The molecule has 2 aromatic rings. The number of carbonyl (C=O) groups excluding carboxylic acids is 2. The Balaban J connectivity index is 1.48. The molecule has 2 N–H and O–H groups in total. The number of hydrogen-bond donors (Lipinski definition) is 2. The molecule has 0 unspecified atom stereocenters. The van der Waals surface area contributed by atoms with Crippen LogP contribution in [0.3, 0.4) is 0 Å². The number of benzene rings is 2. The van der Waals surface area contributed by atoms with Crippen LogP contribution in [0.5, 0.6) is 0 Å². The predicted molar refractivity (Wildman–Crippen MR) is 124 cm³/mol. The molecule has 170 valence electrons. The van der Waals surface area contributed by atoms with Crippen molar-refractivity contribution < 1.29 is 14.0 Å². The number of nitrogens with one attached hydrogen (secondary N) is 2. The van der Waals surface area contributed by atoms with Crippen LogP contribution in [0.15, 0.2) is 59.7 Å². The highest BCUT2D eigenvalue weighted by atomic mass is 19.1. The molecular weight excluding hydrogens is 407 g/mol. The molecule has 6 nitrogen and oxygen atoms in total. The molecule has 2 amide bonds. The molecule has 0 aromatic heterocycles. The predicted octanol–water partition coefficient (Wildman–Crippen LogP) is 3.73. The summed E-state index contributed by atoms with van der Waals surface area (Å²) in [6.45, 7) is 2.34. The van der Waals surface area contributed by atoms with E-state index in [0.29, 0.717) is 24.1 Å². The van der Waals surface area contributed by atoms with Gasteiger partial charge in [0.15, 0.2) is 0 Å². The monoisotopic (exact) mass is 438 g/mol. The van der Waals surface area contributed by atoms with Crippen molar-refractivity contribution in [2.24, 2.45) is 5.10 Å². The van der Waals surface area contributed by atoms with Crippen LogP contribution in [0.25, 0.3) is 0 Å². The lowest BCUT2D eigenvalue weighted by molar-refractivity contribution is -0.127. The van der Waals surface area contributed by atoms with Crippen LogP contribution in [-0.2, 0) is 4.79 Å². The highest BCUT2D eigenvalue weighted by molar-refractivity contribution is 5.94. The zero-order valence-corrected chi connectivity index (χ0v) is 18.3. The van der Waals surface area contributed by atoms with Gasteiger partial charge in [-0.1, -0.05) is 42.8 Å². The van der Waals surface area contributed by atoms with Crippen LogP contribution in [0, 0.1) is 5.82 Å². The van der Waals surface area contributed by atoms with Crippen LogP contribution in [0.1, 0.15) is 54.4 Å². The minimum atomic E-state index is -0.379. The lowest BCUT2D eigenvalue weighted by Gasteiger charge is -2.33. The first-order valence-electron chi connectivity index (χ1n) is 11.3. The summed E-state index contributed by atoms with van der Waals surface area (Å²) in [5.41, 5.74) is 3.56. The third kappa shape index (κ3) is 7.27. The van der Waals surface area contributed by atoms with Crippen LogP contribution in [0.4, 0.5) is 4.39 Å². The van der Waals surface area contributed by atoms with E-state index >= 15 is 0 Å². The Kier molecular flexibility index (Phi) is 9.37. The maximum Gasteiger partial charge on any atom is 0.257 e. The Morgan fingerprint density at radius 1 is 1.00 bits per heavy atom. The fraction of sp³-hybridized carbons (Fsp3) is 0.400. The van der Waals surface area contributed by atoms with E-state index in [1.807, 2.05) is 18.2 Å². The topological polar surface area (TPSA) is 73.8 Å². The first-order chi connectivity index (χ1) is 15.6. The summed E-state index contributed by atoms with van der Waals surface area (Å²) in [5, 5.41) is 6.90. The molecule has 1 heterocycles. The van der Waals surface area contributed by atoms with E-state index in [1.165, 1.54) is 18.7 Å². The van der Waals surface area contributed by atoms with Gasteiger partial charge < -0.3 is 5.32 Å². The zero-order chi connectivity index (χ0) is 22.6. The maximum absolute atomic E-state index is 13.7. The van der Waals surface area contributed by atoms with E-state index in [-0.39, 0.29) is 23.7 Å². The number of halogens is 1. The number of unbranched alkanes of at least 4 members (excludes halogenated alkanes) is 1. The quantitative estimate of drug-likeness (QED) is 0.337. The van der Waals surface area contributed by atoms with Gasteiger partial charge in [-0.3, -0.25) is 14.5 Å². The van der Waals surface area contributed by atoms with E-state index < -0.39 is 0 Å². The molecule has 0 radical (unpaired) electrons. The lowest BCUT2D eigenvalue weighted by Crippen LogP contribution is -2.47. The Bertz CT molecular complexity index is 898. The summed E-state index contributed by atoms with van der Waals surface area (Å²) in [5.74, 6) is -0.637. The summed E-state index contributed by atoms with van der Waals surface area (Å²) in [4.78, 5) is 27.2. The largest absolute Gasteiger partial charge is 0.352 e. The summed E-state index contributed by atoms with van der Waals surface area (Å²) in [6, 6.07) is 15.1. The van der Waals surface area contributed by atoms with Crippen molar-refractivity contribution in [3.63, 3.8) is 0 Å². The van der Waals surface area contributed by atoms with E-state index in [1.54, 1.807) is 30.3 Å². The van der Waals surface area contributed by atoms with Crippen LogP contribution in [0.2, 0.25) is 0 Å².